The maximum absolute atomic E-state index is 2.54. The van der Waals surface area contributed by atoms with Gasteiger partial charge in [-0.15, -0.1) is 0 Å². The summed E-state index contributed by atoms with van der Waals surface area (Å²) in [6.45, 7) is 14.0. The van der Waals surface area contributed by atoms with E-state index in [4.69, 9.17) is 0 Å². The zero-order valence-electron chi connectivity index (χ0n) is 34.7. The number of benzene rings is 9. The van der Waals surface area contributed by atoms with Gasteiger partial charge in [0.2, 0.25) is 0 Å². The first-order chi connectivity index (χ1) is 28.6. The van der Waals surface area contributed by atoms with Gasteiger partial charge in [-0.05, 0) is 150 Å². The van der Waals surface area contributed by atoms with Crippen LogP contribution in [-0.4, -0.2) is 0 Å². The number of hydrogen-bond acceptors (Lipinski definition) is 1. The summed E-state index contributed by atoms with van der Waals surface area (Å²) in [6, 6.07) is 66.3. The van der Waals surface area contributed by atoms with Gasteiger partial charge in [-0.2, -0.15) is 0 Å². The Kier molecular flexibility index (Phi) is 7.75. The van der Waals surface area contributed by atoms with Crippen LogP contribution in [0.15, 0.2) is 176 Å². The third kappa shape index (κ3) is 5.24. The molecule has 9 aromatic rings. The Morgan fingerprint density at radius 1 is 0.356 bits per heavy atom. The molecule has 1 nitrogen and oxygen atoms in total. The van der Waals surface area contributed by atoms with Gasteiger partial charge in [0, 0.05) is 27.8 Å². The van der Waals surface area contributed by atoms with Crippen molar-refractivity contribution >= 4 is 38.6 Å². The standard InChI is InChI=1S/C58H47N/c1-36-16-15-17-37(2)56(36)50-33-39(49-32-38-18-7-8-19-42(38)43-20-9-10-21-44(43)49)26-31-55(50)59(40-27-29-47-45-22-11-13-24-51(45)57(3,4)53(47)34-40)41-28-30-48-46-23-12-14-25-52(46)58(5,6)54(48)35-41/h7-35H,1-6H3. The molecule has 0 spiro atoms. The molecule has 0 heterocycles. The molecule has 0 radical (unpaired) electrons. The van der Waals surface area contributed by atoms with Gasteiger partial charge in [-0.25, -0.2) is 0 Å². The van der Waals surface area contributed by atoms with E-state index < -0.39 is 0 Å². The molecule has 1 heteroatoms. The number of rotatable bonds is 5. The number of anilines is 3. The number of fused-ring (bicyclic) bond motifs is 9. The zero-order valence-corrected chi connectivity index (χ0v) is 34.7. The normalized spacial score (nSPS) is 14.2. The number of aryl methyl sites for hydroxylation is 2. The summed E-state index contributed by atoms with van der Waals surface area (Å²) in [5.41, 5.74) is 21.6. The van der Waals surface area contributed by atoms with E-state index in [2.05, 4.69) is 222 Å². The maximum atomic E-state index is 2.54. The Balaban J connectivity index is 1.19. The Morgan fingerprint density at radius 3 is 1.47 bits per heavy atom. The zero-order chi connectivity index (χ0) is 40.2. The third-order valence-corrected chi connectivity index (χ3v) is 13.7. The fourth-order valence-electron chi connectivity index (χ4n) is 10.7. The Labute approximate surface area is 348 Å². The van der Waals surface area contributed by atoms with Crippen molar-refractivity contribution in [3.63, 3.8) is 0 Å². The van der Waals surface area contributed by atoms with E-state index in [9.17, 15) is 0 Å². The molecule has 0 aromatic heterocycles. The van der Waals surface area contributed by atoms with E-state index in [1.165, 1.54) is 99.4 Å². The molecule has 2 aliphatic rings. The van der Waals surface area contributed by atoms with Crippen LogP contribution >= 0.6 is 0 Å². The van der Waals surface area contributed by atoms with Crippen molar-refractivity contribution in [2.45, 2.75) is 52.4 Å². The molecule has 9 aromatic carbocycles. The van der Waals surface area contributed by atoms with Gasteiger partial charge in [0.1, 0.15) is 0 Å². The second kappa shape index (κ2) is 12.9. The van der Waals surface area contributed by atoms with Crippen molar-refractivity contribution in [3.8, 4) is 44.5 Å². The molecular formula is C58H47N. The third-order valence-electron chi connectivity index (χ3n) is 13.7. The summed E-state index contributed by atoms with van der Waals surface area (Å²) < 4.78 is 0. The molecule has 0 aliphatic heterocycles. The molecule has 59 heavy (non-hydrogen) atoms. The molecule has 11 rings (SSSR count). The molecule has 2 aliphatic carbocycles. The number of hydrogen-bond donors (Lipinski definition) is 0. The molecule has 0 fully saturated rings. The fraction of sp³-hybridized carbons (Fsp3) is 0.138. The lowest BCUT2D eigenvalue weighted by atomic mass is 9.82. The first-order valence-electron chi connectivity index (χ1n) is 21.0. The molecule has 0 unspecified atom stereocenters. The van der Waals surface area contributed by atoms with Gasteiger partial charge in [0.25, 0.3) is 0 Å². The molecule has 0 N–H and O–H groups in total. The highest BCUT2D eigenvalue weighted by Gasteiger charge is 2.38. The van der Waals surface area contributed by atoms with Crippen molar-refractivity contribution in [1.82, 2.24) is 0 Å². The van der Waals surface area contributed by atoms with Crippen LogP contribution in [0.5, 0.6) is 0 Å². The average molecular weight is 758 g/mol. The van der Waals surface area contributed by atoms with Gasteiger partial charge in [-0.1, -0.05) is 161 Å². The molecule has 0 saturated heterocycles. The molecular weight excluding hydrogens is 711 g/mol. The van der Waals surface area contributed by atoms with Crippen LogP contribution < -0.4 is 4.90 Å². The van der Waals surface area contributed by atoms with Crippen LogP contribution in [0.1, 0.15) is 61.1 Å². The molecule has 0 saturated carbocycles. The summed E-state index contributed by atoms with van der Waals surface area (Å²) in [5.74, 6) is 0. The lowest BCUT2D eigenvalue weighted by Crippen LogP contribution is -2.18. The summed E-state index contributed by atoms with van der Waals surface area (Å²) in [6.07, 6.45) is 0. The largest absolute Gasteiger partial charge is 0.310 e. The number of nitrogens with zero attached hydrogens (tertiary/aromatic N) is 1. The molecule has 0 atom stereocenters. The predicted octanol–water partition coefficient (Wildman–Crippen LogP) is 16.0. The first-order valence-corrected chi connectivity index (χ1v) is 21.0. The van der Waals surface area contributed by atoms with E-state index in [1.54, 1.807) is 0 Å². The lowest BCUT2D eigenvalue weighted by Gasteiger charge is -2.32. The monoisotopic (exact) mass is 757 g/mol. The molecule has 0 amide bonds. The van der Waals surface area contributed by atoms with Crippen molar-refractivity contribution in [2.75, 3.05) is 4.90 Å². The van der Waals surface area contributed by atoms with Crippen LogP contribution in [-0.2, 0) is 10.8 Å². The minimum Gasteiger partial charge on any atom is -0.310 e. The van der Waals surface area contributed by atoms with Crippen LogP contribution in [0.25, 0.3) is 66.1 Å². The highest BCUT2D eigenvalue weighted by Crippen LogP contribution is 2.54. The van der Waals surface area contributed by atoms with E-state index in [0.29, 0.717) is 0 Å². The Morgan fingerprint density at radius 2 is 0.864 bits per heavy atom. The maximum Gasteiger partial charge on any atom is 0.0540 e. The topological polar surface area (TPSA) is 3.24 Å². The first kappa shape index (κ1) is 35.5. The highest BCUT2D eigenvalue weighted by atomic mass is 15.1. The lowest BCUT2D eigenvalue weighted by molar-refractivity contribution is 0.660. The SMILES string of the molecule is Cc1cccc(C)c1-c1cc(-c2cc3ccccc3c3ccccc23)ccc1N(c1ccc2c(c1)C(C)(C)c1ccccc1-2)c1ccc2c(c1)C(C)(C)c1ccccc1-2. The fourth-order valence-corrected chi connectivity index (χ4v) is 10.7. The highest BCUT2D eigenvalue weighted by molar-refractivity contribution is 6.14. The Hall–Kier alpha value is -6.70. The summed E-state index contributed by atoms with van der Waals surface area (Å²) >= 11 is 0. The second-order valence-corrected chi connectivity index (χ2v) is 17.8. The average Bonchev–Trinajstić information content (AvgIpc) is 3.63. The van der Waals surface area contributed by atoms with Gasteiger partial charge >= 0.3 is 0 Å². The van der Waals surface area contributed by atoms with E-state index in [-0.39, 0.29) is 10.8 Å². The summed E-state index contributed by atoms with van der Waals surface area (Å²) in [7, 11) is 0. The summed E-state index contributed by atoms with van der Waals surface area (Å²) in [4.78, 5) is 2.54. The van der Waals surface area contributed by atoms with Gasteiger partial charge in [0.15, 0.2) is 0 Å². The Bertz CT molecular complexity index is 3070. The van der Waals surface area contributed by atoms with E-state index >= 15 is 0 Å². The van der Waals surface area contributed by atoms with E-state index in [1.807, 2.05) is 0 Å². The molecule has 284 valence electrons. The van der Waals surface area contributed by atoms with Crippen molar-refractivity contribution in [1.29, 1.82) is 0 Å². The van der Waals surface area contributed by atoms with Crippen molar-refractivity contribution in [3.05, 3.63) is 209 Å². The predicted molar refractivity (Wildman–Crippen MR) is 252 cm³/mol. The second-order valence-electron chi connectivity index (χ2n) is 17.8. The van der Waals surface area contributed by atoms with Crippen molar-refractivity contribution < 1.29 is 0 Å². The van der Waals surface area contributed by atoms with Crippen LogP contribution in [0.3, 0.4) is 0 Å². The van der Waals surface area contributed by atoms with Crippen LogP contribution in [0, 0.1) is 13.8 Å². The van der Waals surface area contributed by atoms with Gasteiger partial charge in [0.05, 0.1) is 5.69 Å². The van der Waals surface area contributed by atoms with E-state index in [0.717, 1.165) is 17.1 Å². The van der Waals surface area contributed by atoms with Crippen LogP contribution in [0.2, 0.25) is 0 Å². The van der Waals surface area contributed by atoms with Gasteiger partial charge < -0.3 is 4.90 Å². The molecule has 0 bridgehead atoms. The smallest absolute Gasteiger partial charge is 0.0540 e. The summed E-state index contributed by atoms with van der Waals surface area (Å²) in [5, 5.41) is 5.09. The van der Waals surface area contributed by atoms with Gasteiger partial charge in [-0.3, -0.25) is 0 Å². The quantitative estimate of drug-likeness (QED) is 0.158. The van der Waals surface area contributed by atoms with Crippen LogP contribution in [0.4, 0.5) is 17.1 Å². The minimum absolute atomic E-state index is 0.133. The minimum atomic E-state index is -0.133. The van der Waals surface area contributed by atoms with Crippen molar-refractivity contribution in [2.24, 2.45) is 0 Å².